The standard InChI is InChI=1S/C15H10FN5/c16-8-11-4-12(9-17)6-13(5-11)14-7-15(19-10-18-14)21-3-1-2-20-21/h1-7,10H,8H2. The molecule has 0 N–H and O–H groups in total. The molecule has 0 aliphatic rings. The number of nitrogens with zero attached hydrogens (tertiary/aromatic N) is 5. The first-order valence-electron chi connectivity index (χ1n) is 6.22. The monoisotopic (exact) mass is 279 g/mol. The number of hydrogen-bond donors (Lipinski definition) is 0. The van der Waals surface area contributed by atoms with Crippen LogP contribution in [0.25, 0.3) is 17.1 Å². The topological polar surface area (TPSA) is 67.4 Å². The van der Waals surface area contributed by atoms with Crippen molar-refractivity contribution in [3.8, 4) is 23.1 Å². The van der Waals surface area contributed by atoms with Crippen molar-refractivity contribution in [2.45, 2.75) is 6.67 Å². The Bertz CT molecular complexity index is 805. The Morgan fingerprint density at radius 1 is 1.19 bits per heavy atom. The Hall–Kier alpha value is -3.07. The number of benzene rings is 1. The van der Waals surface area contributed by atoms with Gasteiger partial charge in [-0.25, -0.2) is 19.0 Å². The summed E-state index contributed by atoms with van der Waals surface area (Å²) in [6.07, 6.45) is 4.84. The Morgan fingerprint density at radius 3 is 2.81 bits per heavy atom. The highest BCUT2D eigenvalue weighted by Gasteiger charge is 2.07. The molecule has 0 aliphatic carbocycles. The largest absolute Gasteiger partial charge is 0.246 e. The summed E-state index contributed by atoms with van der Waals surface area (Å²) in [5.41, 5.74) is 2.14. The van der Waals surface area contributed by atoms with E-state index >= 15 is 0 Å². The molecule has 0 saturated carbocycles. The highest BCUT2D eigenvalue weighted by molar-refractivity contribution is 5.63. The fourth-order valence-electron chi connectivity index (χ4n) is 2.02. The average Bonchev–Trinajstić information content (AvgIpc) is 3.09. The van der Waals surface area contributed by atoms with Gasteiger partial charge in [-0.15, -0.1) is 0 Å². The number of rotatable bonds is 3. The molecule has 0 bridgehead atoms. The van der Waals surface area contributed by atoms with Gasteiger partial charge in [-0.05, 0) is 29.8 Å². The van der Waals surface area contributed by atoms with E-state index in [-0.39, 0.29) is 0 Å². The molecule has 2 heterocycles. The van der Waals surface area contributed by atoms with Crippen molar-refractivity contribution < 1.29 is 4.39 Å². The highest BCUT2D eigenvalue weighted by Crippen LogP contribution is 2.22. The van der Waals surface area contributed by atoms with Gasteiger partial charge >= 0.3 is 0 Å². The summed E-state index contributed by atoms with van der Waals surface area (Å²) in [5.74, 6) is 0.606. The van der Waals surface area contributed by atoms with E-state index in [1.807, 2.05) is 6.07 Å². The van der Waals surface area contributed by atoms with E-state index in [2.05, 4.69) is 15.1 Å². The van der Waals surface area contributed by atoms with Crippen molar-refractivity contribution >= 4 is 0 Å². The first kappa shape index (κ1) is 12.9. The van der Waals surface area contributed by atoms with Crippen molar-refractivity contribution in [3.05, 3.63) is 60.2 Å². The maximum Gasteiger partial charge on any atom is 0.157 e. The maximum atomic E-state index is 12.9. The van der Waals surface area contributed by atoms with Crippen LogP contribution in [-0.4, -0.2) is 19.7 Å². The molecule has 1 aromatic carbocycles. The molecular formula is C15H10FN5. The molecule has 0 aliphatic heterocycles. The van der Waals surface area contributed by atoms with Crippen molar-refractivity contribution in [2.24, 2.45) is 0 Å². The molecular weight excluding hydrogens is 269 g/mol. The van der Waals surface area contributed by atoms with Crippen LogP contribution in [0.4, 0.5) is 4.39 Å². The zero-order valence-corrected chi connectivity index (χ0v) is 10.9. The summed E-state index contributed by atoms with van der Waals surface area (Å²) in [5, 5.41) is 13.1. The minimum Gasteiger partial charge on any atom is -0.246 e. The van der Waals surface area contributed by atoms with Crippen LogP contribution in [0.5, 0.6) is 0 Å². The Labute approximate surface area is 120 Å². The van der Waals surface area contributed by atoms with Crippen LogP contribution in [0.3, 0.4) is 0 Å². The zero-order valence-electron chi connectivity index (χ0n) is 10.9. The van der Waals surface area contributed by atoms with Crippen molar-refractivity contribution in [1.29, 1.82) is 5.26 Å². The molecule has 21 heavy (non-hydrogen) atoms. The summed E-state index contributed by atoms with van der Waals surface area (Å²) in [6, 6.07) is 10.4. The Kier molecular flexibility index (Phi) is 3.39. The third-order valence-corrected chi connectivity index (χ3v) is 2.96. The molecule has 3 rings (SSSR count). The predicted molar refractivity (Wildman–Crippen MR) is 74.1 cm³/mol. The van der Waals surface area contributed by atoms with Crippen LogP contribution in [0.1, 0.15) is 11.1 Å². The molecule has 2 aromatic heterocycles. The van der Waals surface area contributed by atoms with E-state index in [0.29, 0.717) is 28.2 Å². The summed E-state index contributed by atoms with van der Waals surface area (Å²) < 4.78 is 14.5. The van der Waals surface area contributed by atoms with Gasteiger partial charge in [0.05, 0.1) is 17.3 Å². The first-order valence-corrected chi connectivity index (χ1v) is 6.22. The minimum atomic E-state index is -0.625. The third-order valence-electron chi connectivity index (χ3n) is 2.96. The first-order chi connectivity index (χ1) is 10.3. The van der Waals surface area contributed by atoms with Crippen LogP contribution in [0, 0.1) is 11.3 Å². The molecule has 0 spiro atoms. The Balaban J connectivity index is 2.09. The second-order valence-electron chi connectivity index (χ2n) is 4.38. The molecule has 102 valence electrons. The van der Waals surface area contributed by atoms with Gasteiger partial charge in [0, 0.05) is 24.0 Å². The molecule has 0 radical (unpaired) electrons. The highest BCUT2D eigenvalue weighted by atomic mass is 19.1. The zero-order chi connectivity index (χ0) is 14.7. The number of hydrogen-bond acceptors (Lipinski definition) is 4. The lowest BCUT2D eigenvalue weighted by molar-refractivity contribution is 0.485. The van der Waals surface area contributed by atoms with Crippen molar-refractivity contribution in [1.82, 2.24) is 19.7 Å². The average molecular weight is 279 g/mol. The van der Waals surface area contributed by atoms with Gasteiger partial charge in [0.25, 0.3) is 0 Å². The molecule has 5 nitrogen and oxygen atoms in total. The summed E-state index contributed by atoms with van der Waals surface area (Å²) in [6.45, 7) is -0.625. The van der Waals surface area contributed by atoms with Gasteiger partial charge < -0.3 is 0 Å². The van der Waals surface area contributed by atoms with Crippen molar-refractivity contribution in [2.75, 3.05) is 0 Å². The number of nitriles is 1. The summed E-state index contributed by atoms with van der Waals surface area (Å²) >= 11 is 0. The molecule has 0 amide bonds. The fraction of sp³-hybridized carbons (Fsp3) is 0.0667. The normalized spacial score (nSPS) is 10.3. The van der Waals surface area contributed by atoms with Crippen LogP contribution in [0.15, 0.2) is 49.1 Å². The number of aromatic nitrogens is 4. The van der Waals surface area contributed by atoms with E-state index in [0.717, 1.165) is 0 Å². The molecule has 3 aromatic rings. The van der Waals surface area contributed by atoms with Gasteiger partial charge in [0.1, 0.15) is 13.0 Å². The van der Waals surface area contributed by atoms with Gasteiger partial charge in [-0.3, -0.25) is 0 Å². The molecule has 0 fully saturated rings. The van der Waals surface area contributed by atoms with Crippen molar-refractivity contribution in [3.63, 3.8) is 0 Å². The van der Waals surface area contributed by atoms with E-state index in [4.69, 9.17) is 5.26 Å². The van der Waals surface area contributed by atoms with E-state index in [1.54, 1.807) is 41.3 Å². The minimum absolute atomic E-state index is 0.402. The lowest BCUT2D eigenvalue weighted by atomic mass is 10.0. The third kappa shape index (κ3) is 2.62. The fourth-order valence-corrected chi connectivity index (χ4v) is 2.02. The second-order valence-corrected chi connectivity index (χ2v) is 4.38. The quantitative estimate of drug-likeness (QED) is 0.739. The maximum absolute atomic E-state index is 12.9. The van der Waals surface area contributed by atoms with Crippen LogP contribution < -0.4 is 0 Å². The van der Waals surface area contributed by atoms with Gasteiger partial charge in [-0.2, -0.15) is 10.4 Å². The molecule has 0 atom stereocenters. The van der Waals surface area contributed by atoms with Gasteiger partial charge in [0.2, 0.25) is 0 Å². The summed E-state index contributed by atoms with van der Waals surface area (Å²) in [4.78, 5) is 8.33. The molecule has 6 heteroatoms. The SMILES string of the molecule is N#Cc1cc(CF)cc(-c2cc(-n3cccn3)ncn2)c1. The predicted octanol–water partition coefficient (Wildman–Crippen LogP) is 2.67. The van der Waals surface area contributed by atoms with Crippen LogP contribution >= 0.6 is 0 Å². The lowest BCUT2D eigenvalue weighted by Crippen LogP contribution is -1.99. The Morgan fingerprint density at radius 2 is 2.10 bits per heavy atom. The second kappa shape index (κ2) is 5.51. The summed E-state index contributed by atoms with van der Waals surface area (Å²) in [7, 11) is 0. The number of alkyl halides is 1. The smallest absolute Gasteiger partial charge is 0.157 e. The number of halogens is 1. The van der Waals surface area contributed by atoms with Crippen LogP contribution in [-0.2, 0) is 6.67 Å². The van der Waals surface area contributed by atoms with E-state index in [9.17, 15) is 4.39 Å². The van der Waals surface area contributed by atoms with Gasteiger partial charge in [0.15, 0.2) is 5.82 Å². The lowest BCUT2D eigenvalue weighted by Gasteiger charge is -2.06. The molecule has 0 unspecified atom stereocenters. The van der Waals surface area contributed by atoms with E-state index in [1.165, 1.54) is 12.4 Å². The van der Waals surface area contributed by atoms with Gasteiger partial charge in [-0.1, -0.05) is 0 Å². The molecule has 0 saturated heterocycles. The van der Waals surface area contributed by atoms with Crippen LogP contribution in [0.2, 0.25) is 0 Å². The van der Waals surface area contributed by atoms with E-state index < -0.39 is 6.67 Å².